The number of carbonyl (C=O) groups is 1. The molecule has 0 aliphatic heterocycles. The monoisotopic (exact) mass is 311 g/mol. The van der Waals surface area contributed by atoms with Crippen LogP contribution in [0.2, 0.25) is 0 Å². The number of carbonyl (C=O) groups excluding carboxylic acids is 1. The van der Waals surface area contributed by atoms with Crippen LogP contribution in [-0.4, -0.2) is 19.1 Å². The molecule has 0 fully saturated rings. The number of benzene rings is 2. The number of aryl methyl sites for hydroxylation is 3. The van der Waals surface area contributed by atoms with Crippen LogP contribution in [-0.2, 0) is 6.42 Å². The van der Waals surface area contributed by atoms with Gasteiger partial charge in [-0.1, -0.05) is 29.8 Å². The summed E-state index contributed by atoms with van der Waals surface area (Å²) in [5.74, 6) is 0.911. The molecule has 3 nitrogen and oxygen atoms in total. The maximum Gasteiger partial charge on any atom is 0.251 e. The number of rotatable bonds is 7. The fourth-order valence-electron chi connectivity index (χ4n) is 2.58. The lowest BCUT2D eigenvalue weighted by atomic mass is 10.1. The maximum atomic E-state index is 12.2. The van der Waals surface area contributed by atoms with Crippen molar-refractivity contribution in [1.82, 2.24) is 5.32 Å². The number of hydrogen-bond acceptors (Lipinski definition) is 2. The van der Waals surface area contributed by atoms with Gasteiger partial charge in [0.1, 0.15) is 5.75 Å². The van der Waals surface area contributed by atoms with Crippen molar-refractivity contribution in [2.24, 2.45) is 0 Å². The van der Waals surface area contributed by atoms with Gasteiger partial charge in [-0.05, 0) is 62.9 Å². The molecule has 0 unspecified atom stereocenters. The molecule has 0 aromatic heterocycles. The van der Waals surface area contributed by atoms with E-state index in [1.807, 2.05) is 51.1 Å². The van der Waals surface area contributed by atoms with Crippen LogP contribution in [0.1, 0.15) is 40.4 Å². The minimum absolute atomic E-state index is 0.00851. The third kappa shape index (κ3) is 5.13. The molecule has 1 N–H and O–H groups in total. The van der Waals surface area contributed by atoms with Gasteiger partial charge in [-0.25, -0.2) is 0 Å². The van der Waals surface area contributed by atoms with Gasteiger partial charge in [0.25, 0.3) is 5.91 Å². The predicted octanol–water partition coefficient (Wildman–Crippen LogP) is 4.06. The highest BCUT2D eigenvalue weighted by Crippen LogP contribution is 2.13. The summed E-state index contributed by atoms with van der Waals surface area (Å²) in [6.45, 7) is 7.35. The van der Waals surface area contributed by atoms with E-state index in [0.717, 1.165) is 29.7 Å². The molecule has 2 aromatic carbocycles. The number of amides is 1. The molecule has 122 valence electrons. The second-order valence-corrected chi connectivity index (χ2v) is 5.75. The van der Waals surface area contributed by atoms with Gasteiger partial charge in [0.15, 0.2) is 0 Å². The molecule has 23 heavy (non-hydrogen) atoms. The zero-order valence-corrected chi connectivity index (χ0v) is 14.2. The molecule has 3 heteroatoms. The third-order valence-corrected chi connectivity index (χ3v) is 3.79. The summed E-state index contributed by atoms with van der Waals surface area (Å²) < 4.78 is 5.43. The van der Waals surface area contributed by atoms with Gasteiger partial charge < -0.3 is 10.1 Å². The summed E-state index contributed by atoms with van der Waals surface area (Å²) in [6.07, 6.45) is 1.87. The summed E-state index contributed by atoms with van der Waals surface area (Å²) in [4.78, 5) is 12.2. The fourth-order valence-corrected chi connectivity index (χ4v) is 2.58. The molecule has 2 aromatic rings. The average Bonchev–Trinajstić information content (AvgIpc) is 2.53. The van der Waals surface area contributed by atoms with E-state index in [4.69, 9.17) is 4.74 Å². The predicted molar refractivity (Wildman–Crippen MR) is 94.2 cm³/mol. The lowest BCUT2D eigenvalue weighted by Crippen LogP contribution is -2.25. The minimum atomic E-state index is 0.00851. The van der Waals surface area contributed by atoms with Crippen molar-refractivity contribution in [3.8, 4) is 5.75 Å². The Labute approximate surface area is 138 Å². The normalized spacial score (nSPS) is 10.4. The van der Waals surface area contributed by atoms with Gasteiger partial charge in [0.2, 0.25) is 0 Å². The summed E-state index contributed by atoms with van der Waals surface area (Å²) >= 11 is 0. The third-order valence-electron chi connectivity index (χ3n) is 3.79. The summed E-state index contributed by atoms with van der Waals surface area (Å²) in [7, 11) is 0. The van der Waals surface area contributed by atoms with E-state index in [1.165, 1.54) is 11.1 Å². The van der Waals surface area contributed by atoms with Gasteiger partial charge in [-0.15, -0.1) is 0 Å². The molecular weight excluding hydrogens is 286 g/mol. The van der Waals surface area contributed by atoms with E-state index in [9.17, 15) is 4.79 Å². The highest BCUT2D eigenvalue weighted by molar-refractivity contribution is 5.95. The lowest BCUT2D eigenvalue weighted by molar-refractivity contribution is 0.0952. The fraction of sp³-hybridized carbons (Fsp3) is 0.350. The Balaban J connectivity index is 1.77. The first-order valence-electron chi connectivity index (χ1n) is 8.17. The van der Waals surface area contributed by atoms with Crippen molar-refractivity contribution in [3.63, 3.8) is 0 Å². The Morgan fingerprint density at radius 1 is 1.09 bits per heavy atom. The van der Waals surface area contributed by atoms with Gasteiger partial charge in [0.05, 0.1) is 6.61 Å². The summed E-state index contributed by atoms with van der Waals surface area (Å²) in [6, 6.07) is 14.1. The Hall–Kier alpha value is -2.29. The lowest BCUT2D eigenvalue weighted by Gasteiger charge is -2.09. The van der Waals surface area contributed by atoms with E-state index in [2.05, 4.69) is 17.4 Å². The zero-order chi connectivity index (χ0) is 16.7. The molecule has 2 rings (SSSR count). The van der Waals surface area contributed by atoms with Crippen LogP contribution < -0.4 is 10.1 Å². The quantitative estimate of drug-likeness (QED) is 0.783. The molecule has 0 atom stereocenters. The summed E-state index contributed by atoms with van der Waals surface area (Å²) in [5, 5.41) is 3.00. The maximum absolute atomic E-state index is 12.2. The number of hydrogen-bond donors (Lipinski definition) is 1. The van der Waals surface area contributed by atoms with Crippen LogP contribution in [0.4, 0.5) is 0 Å². The Morgan fingerprint density at radius 2 is 1.83 bits per heavy atom. The van der Waals surface area contributed by atoms with Crippen LogP contribution >= 0.6 is 0 Å². The number of ether oxygens (including phenoxy) is 1. The van der Waals surface area contributed by atoms with E-state index in [-0.39, 0.29) is 5.91 Å². The highest BCUT2D eigenvalue weighted by atomic mass is 16.5. The second kappa shape index (κ2) is 8.37. The first-order valence-corrected chi connectivity index (χ1v) is 8.17. The SMILES string of the molecule is CCOc1ccc(CCCNC(=O)c2ccc(C)cc2C)cc1. The van der Waals surface area contributed by atoms with Gasteiger partial charge in [0, 0.05) is 12.1 Å². The van der Waals surface area contributed by atoms with Gasteiger partial charge >= 0.3 is 0 Å². The molecular formula is C20H25NO2. The van der Waals surface area contributed by atoms with Gasteiger partial charge in [-0.3, -0.25) is 4.79 Å². The van der Waals surface area contributed by atoms with Gasteiger partial charge in [-0.2, -0.15) is 0 Å². The Kier molecular flexibility index (Phi) is 6.21. The molecule has 0 saturated heterocycles. The van der Waals surface area contributed by atoms with E-state index < -0.39 is 0 Å². The van der Waals surface area contributed by atoms with Crippen LogP contribution in [0.25, 0.3) is 0 Å². The molecule has 0 spiro atoms. The van der Waals surface area contributed by atoms with Crippen molar-refractivity contribution in [1.29, 1.82) is 0 Å². The first kappa shape index (κ1) is 17.1. The van der Waals surface area contributed by atoms with E-state index in [1.54, 1.807) is 0 Å². The Morgan fingerprint density at radius 3 is 2.48 bits per heavy atom. The average molecular weight is 311 g/mol. The summed E-state index contributed by atoms with van der Waals surface area (Å²) in [5.41, 5.74) is 4.22. The Bertz CT molecular complexity index is 647. The van der Waals surface area contributed by atoms with Crippen LogP contribution in [0.15, 0.2) is 42.5 Å². The molecule has 0 aliphatic carbocycles. The molecule has 0 radical (unpaired) electrons. The zero-order valence-electron chi connectivity index (χ0n) is 14.2. The number of nitrogens with one attached hydrogen (secondary N) is 1. The highest BCUT2D eigenvalue weighted by Gasteiger charge is 2.07. The molecule has 0 heterocycles. The minimum Gasteiger partial charge on any atom is -0.494 e. The van der Waals surface area contributed by atoms with Crippen molar-refractivity contribution in [3.05, 3.63) is 64.7 Å². The molecule has 0 saturated carbocycles. The van der Waals surface area contributed by atoms with Crippen molar-refractivity contribution in [2.45, 2.75) is 33.6 Å². The smallest absolute Gasteiger partial charge is 0.251 e. The van der Waals surface area contributed by atoms with Crippen molar-refractivity contribution < 1.29 is 9.53 Å². The van der Waals surface area contributed by atoms with Crippen LogP contribution in [0, 0.1) is 13.8 Å². The van der Waals surface area contributed by atoms with E-state index in [0.29, 0.717) is 13.2 Å². The first-order chi connectivity index (χ1) is 11.1. The molecule has 1 amide bonds. The van der Waals surface area contributed by atoms with Crippen molar-refractivity contribution in [2.75, 3.05) is 13.2 Å². The van der Waals surface area contributed by atoms with Crippen LogP contribution in [0.3, 0.4) is 0 Å². The molecule has 0 bridgehead atoms. The topological polar surface area (TPSA) is 38.3 Å². The van der Waals surface area contributed by atoms with E-state index >= 15 is 0 Å². The molecule has 0 aliphatic rings. The standard InChI is InChI=1S/C20H25NO2/c1-4-23-18-10-8-17(9-11-18)6-5-13-21-20(22)19-12-7-15(2)14-16(19)3/h7-12,14H,4-6,13H2,1-3H3,(H,21,22). The second-order valence-electron chi connectivity index (χ2n) is 5.75. The van der Waals surface area contributed by atoms with Crippen LogP contribution in [0.5, 0.6) is 5.75 Å². The largest absolute Gasteiger partial charge is 0.494 e. The van der Waals surface area contributed by atoms with Crippen molar-refractivity contribution >= 4 is 5.91 Å².